The fourth-order valence-electron chi connectivity index (χ4n) is 3.90. The van der Waals surface area contributed by atoms with Crippen LogP contribution < -0.4 is 4.74 Å². The number of aromatic amines is 1. The molecule has 31 heavy (non-hydrogen) atoms. The number of ether oxygens (including phenoxy) is 2. The van der Waals surface area contributed by atoms with Crippen molar-refractivity contribution in [3.05, 3.63) is 48.0 Å². The molecule has 2 aromatic heterocycles. The number of rotatable bonds is 3. The molecule has 1 aliphatic rings. The third kappa shape index (κ3) is 4.07. The van der Waals surface area contributed by atoms with Crippen LogP contribution in [0.2, 0.25) is 0 Å². The van der Waals surface area contributed by atoms with Gasteiger partial charge in [0.15, 0.2) is 0 Å². The Morgan fingerprint density at radius 2 is 2.03 bits per heavy atom. The van der Waals surface area contributed by atoms with E-state index >= 15 is 0 Å². The van der Waals surface area contributed by atoms with Gasteiger partial charge >= 0.3 is 6.09 Å². The number of pyridine rings is 1. The van der Waals surface area contributed by atoms with Gasteiger partial charge in [-0.3, -0.25) is 0 Å². The molecule has 2 N–H and O–H groups in total. The van der Waals surface area contributed by atoms with Crippen LogP contribution in [0.1, 0.15) is 32.9 Å². The van der Waals surface area contributed by atoms with Crippen LogP contribution in [0, 0.1) is 5.82 Å². The second kappa shape index (κ2) is 7.53. The van der Waals surface area contributed by atoms with Gasteiger partial charge in [-0.1, -0.05) is 0 Å². The van der Waals surface area contributed by atoms with E-state index in [4.69, 9.17) is 9.47 Å². The van der Waals surface area contributed by atoms with Crippen molar-refractivity contribution < 1.29 is 23.8 Å². The Bertz CT molecular complexity index is 1140. The lowest BCUT2D eigenvalue weighted by atomic mass is 9.97. The van der Waals surface area contributed by atoms with Gasteiger partial charge < -0.3 is 24.5 Å². The molecule has 1 fully saturated rings. The van der Waals surface area contributed by atoms with Crippen LogP contribution in [0.4, 0.5) is 9.18 Å². The van der Waals surface area contributed by atoms with E-state index in [0.29, 0.717) is 35.6 Å². The molecule has 1 amide bonds. The molecule has 1 atom stereocenters. The van der Waals surface area contributed by atoms with Crippen LogP contribution >= 0.6 is 0 Å². The average Bonchev–Trinajstić information content (AvgIpc) is 3.31. The first-order valence-corrected chi connectivity index (χ1v) is 10.1. The maximum atomic E-state index is 13.9. The number of amides is 1. The Morgan fingerprint density at radius 3 is 2.74 bits per heavy atom. The zero-order valence-corrected chi connectivity index (χ0v) is 18.0. The van der Waals surface area contributed by atoms with Crippen molar-refractivity contribution in [2.24, 2.45) is 0 Å². The van der Waals surface area contributed by atoms with Crippen molar-refractivity contribution in [2.75, 3.05) is 20.2 Å². The summed E-state index contributed by atoms with van der Waals surface area (Å²) in [5.74, 6) is 0.159. The summed E-state index contributed by atoms with van der Waals surface area (Å²) in [7, 11) is 1.53. The number of benzene rings is 1. The van der Waals surface area contributed by atoms with Crippen LogP contribution in [0.5, 0.6) is 5.75 Å². The summed E-state index contributed by atoms with van der Waals surface area (Å²) in [6.45, 7) is 5.89. The molecule has 1 aromatic carbocycles. The number of carbonyl (C=O) groups is 1. The lowest BCUT2D eigenvalue weighted by Crippen LogP contribution is -2.38. The fraction of sp³-hybridized carbons (Fsp3) is 0.391. The van der Waals surface area contributed by atoms with Crippen molar-refractivity contribution in [1.29, 1.82) is 0 Å². The van der Waals surface area contributed by atoms with E-state index < -0.39 is 17.3 Å². The number of methoxy groups -OCH3 is 1. The summed E-state index contributed by atoms with van der Waals surface area (Å²) >= 11 is 0. The number of β-amino-alcohol motifs (C(OH)–C–C–N with tert-alkyl or cyclic N) is 1. The largest absolute Gasteiger partial charge is 0.496 e. The molecule has 8 heteroatoms. The van der Waals surface area contributed by atoms with E-state index in [-0.39, 0.29) is 12.4 Å². The molecule has 0 spiro atoms. The first kappa shape index (κ1) is 21.1. The predicted molar refractivity (Wildman–Crippen MR) is 114 cm³/mol. The van der Waals surface area contributed by atoms with E-state index in [0.717, 1.165) is 10.9 Å². The second-order valence-electron chi connectivity index (χ2n) is 8.83. The van der Waals surface area contributed by atoms with Crippen LogP contribution in [0.15, 0.2) is 36.5 Å². The third-order valence-electron chi connectivity index (χ3n) is 5.38. The number of carbonyl (C=O) groups excluding carboxylic acids is 1. The van der Waals surface area contributed by atoms with Gasteiger partial charge in [-0.05, 0) is 56.7 Å². The molecular weight excluding hydrogens is 401 g/mol. The normalized spacial score (nSPS) is 19.1. The van der Waals surface area contributed by atoms with Gasteiger partial charge in [0.1, 0.15) is 28.4 Å². The lowest BCUT2D eigenvalue weighted by molar-refractivity contribution is 0.0129. The molecule has 3 aromatic rings. The highest BCUT2D eigenvalue weighted by Gasteiger charge is 2.42. The molecule has 7 nitrogen and oxygen atoms in total. The number of nitrogens with one attached hydrogen (secondary N) is 1. The molecule has 164 valence electrons. The summed E-state index contributed by atoms with van der Waals surface area (Å²) < 4.78 is 24.8. The number of likely N-dealkylation sites (tertiary alicyclic amines) is 1. The second-order valence-corrected chi connectivity index (χ2v) is 8.83. The highest BCUT2D eigenvalue weighted by atomic mass is 19.1. The minimum Gasteiger partial charge on any atom is -0.496 e. The number of H-pyrrole nitrogens is 1. The van der Waals surface area contributed by atoms with Crippen LogP contribution in [-0.4, -0.2) is 51.9 Å². The van der Waals surface area contributed by atoms with E-state index in [1.54, 1.807) is 45.2 Å². The fourth-order valence-corrected chi connectivity index (χ4v) is 3.90. The molecule has 0 radical (unpaired) electrons. The number of halogens is 1. The number of fused-ring (bicyclic) bond motifs is 1. The monoisotopic (exact) mass is 427 g/mol. The van der Waals surface area contributed by atoms with Gasteiger partial charge in [-0.15, -0.1) is 0 Å². The standard InChI is InChI=1S/C23H26FN3O4/c1-22(2,3)31-21(28)27-10-8-23(29,13-27)19-12-17-15(7-9-25-20(17)26-19)16-11-14(24)5-6-18(16)30-4/h5-7,9,11-12,29H,8,10,13H2,1-4H3,(H,25,26). The van der Waals surface area contributed by atoms with E-state index in [2.05, 4.69) is 9.97 Å². The molecule has 1 aliphatic heterocycles. The number of hydrogen-bond donors (Lipinski definition) is 2. The molecule has 0 aliphatic carbocycles. The molecule has 1 unspecified atom stereocenters. The number of nitrogens with zero attached hydrogens (tertiary/aromatic N) is 2. The Kier molecular flexibility index (Phi) is 5.13. The summed E-state index contributed by atoms with van der Waals surface area (Å²) in [5.41, 5.74) is 0.554. The molecular formula is C23H26FN3O4. The van der Waals surface area contributed by atoms with Crippen LogP contribution in [0.3, 0.4) is 0 Å². The molecule has 4 rings (SSSR count). The third-order valence-corrected chi connectivity index (χ3v) is 5.38. The average molecular weight is 427 g/mol. The topological polar surface area (TPSA) is 87.7 Å². The van der Waals surface area contributed by atoms with Crippen molar-refractivity contribution in [3.8, 4) is 16.9 Å². The van der Waals surface area contributed by atoms with E-state index in [1.807, 2.05) is 0 Å². The predicted octanol–water partition coefficient (Wildman–Crippen LogP) is 4.21. The lowest BCUT2D eigenvalue weighted by Gasteiger charge is -2.26. The SMILES string of the molecule is COc1ccc(F)cc1-c1ccnc2[nH]c(C3(O)CCN(C(=O)OC(C)(C)C)C3)cc12. The molecule has 0 saturated carbocycles. The van der Waals surface area contributed by atoms with Crippen molar-refractivity contribution in [2.45, 2.75) is 38.4 Å². The first-order chi connectivity index (χ1) is 14.6. The summed E-state index contributed by atoms with van der Waals surface area (Å²) in [6.07, 6.45) is 1.52. The maximum absolute atomic E-state index is 13.9. The summed E-state index contributed by atoms with van der Waals surface area (Å²) in [6, 6.07) is 7.92. The van der Waals surface area contributed by atoms with Gasteiger partial charge in [0.25, 0.3) is 0 Å². The number of hydrogen-bond acceptors (Lipinski definition) is 5. The maximum Gasteiger partial charge on any atom is 0.410 e. The van der Waals surface area contributed by atoms with Gasteiger partial charge in [-0.2, -0.15) is 0 Å². The van der Waals surface area contributed by atoms with E-state index in [9.17, 15) is 14.3 Å². The van der Waals surface area contributed by atoms with Crippen molar-refractivity contribution in [3.63, 3.8) is 0 Å². The zero-order chi connectivity index (χ0) is 22.4. The zero-order valence-electron chi connectivity index (χ0n) is 18.0. The van der Waals surface area contributed by atoms with Crippen LogP contribution in [0.25, 0.3) is 22.2 Å². The molecule has 1 saturated heterocycles. The molecule has 3 heterocycles. The Labute approximate surface area is 179 Å². The van der Waals surface area contributed by atoms with Crippen LogP contribution in [-0.2, 0) is 10.3 Å². The van der Waals surface area contributed by atoms with E-state index in [1.165, 1.54) is 24.1 Å². The van der Waals surface area contributed by atoms with Gasteiger partial charge in [0.2, 0.25) is 0 Å². The summed E-state index contributed by atoms with van der Waals surface area (Å²) in [4.78, 5) is 21.5. The Hall–Kier alpha value is -3.13. The van der Waals surface area contributed by atoms with Gasteiger partial charge in [-0.25, -0.2) is 14.2 Å². The number of aromatic nitrogens is 2. The van der Waals surface area contributed by atoms with Crippen molar-refractivity contribution in [1.82, 2.24) is 14.9 Å². The Balaban J connectivity index is 1.69. The highest BCUT2D eigenvalue weighted by Crippen LogP contribution is 2.38. The quantitative estimate of drug-likeness (QED) is 0.654. The Morgan fingerprint density at radius 1 is 1.26 bits per heavy atom. The van der Waals surface area contributed by atoms with Gasteiger partial charge in [0, 0.05) is 30.1 Å². The highest BCUT2D eigenvalue weighted by molar-refractivity contribution is 5.95. The first-order valence-electron chi connectivity index (χ1n) is 10.1. The molecule has 0 bridgehead atoms. The minimum absolute atomic E-state index is 0.105. The minimum atomic E-state index is -1.26. The van der Waals surface area contributed by atoms with Gasteiger partial charge in [0.05, 0.1) is 19.3 Å². The smallest absolute Gasteiger partial charge is 0.410 e. The summed E-state index contributed by atoms with van der Waals surface area (Å²) in [5, 5.41) is 12.0. The van der Waals surface area contributed by atoms with Crippen molar-refractivity contribution >= 4 is 17.1 Å². The number of aliphatic hydroxyl groups is 1.